The van der Waals surface area contributed by atoms with Crippen LogP contribution in [-0.4, -0.2) is 58.2 Å². The van der Waals surface area contributed by atoms with Gasteiger partial charge in [0.1, 0.15) is 6.54 Å². The van der Waals surface area contributed by atoms with E-state index in [0.29, 0.717) is 6.54 Å². The van der Waals surface area contributed by atoms with E-state index in [1.54, 1.807) is 4.68 Å². The number of rotatable bonds is 4. The highest BCUT2D eigenvalue weighted by molar-refractivity contribution is 5.76. The van der Waals surface area contributed by atoms with Crippen molar-refractivity contribution in [3.8, 4) is 0 Å². The Kier molecular flexibility index (Phi) is 4.60. The number of carbonyl (C=O) groups excluding carboxylic acids is 1. The largest absolute Gasteiger partial charge is 0.339 e. The maximum Gasteiger partial charge on any atom is 0.244 e. The van der Waals surface area contributed by atoms with Crippen molar-refractivity contribution in [2.24, 2.45) is 0 Å². The summed E-state index contributed by atoms with van der Waals surface area (Å²) in [5, 5.41) is 4.35. The fourth-order valence-electron chi connectivity index (χ4n) is 2.60. The van der Waals surface area contributed by atoms with Gasteiger partial charge in [-0.05, 0) is 26.8 Å². The zero-order chi connectivity index (χ0) is 14.7. The van der Waals surface area contributed by atoms with Gasteiger partial charge in [-0.1, -0.05) is 12.2 Å². The third-order valence-electron chi connectivity index (χ3n) is 3.61. The zero-order valence-corrected chi connectivity index (χ0v) is 12.7. The van der Waals surface area contributed by atoms with Crippen LogP contribution in [0.2, 0.25) is 0 Å². The van der Waals surface area contributed by atoms with Crippen molar-refractivity contribution in [3.05, 3.63) is 29.6 Å². The number of hydrogen-bond donors (Lipinski definition) is 0. The molecule has 110 valence electrons. The minimum atomic E-state index is 0.158. The van der Waals surface area contributed by atoms with Crippen LogP contribution in [0.15, 0.2) is 18.2 Å². The number of piperazine rings is 1. The highest BCUT2D eigenvalue weighted by Crippen LogP contribution is 2.07. The maximum absolute atomic E-state index is 12.3. The van der Waals surface area contributed by atoms with Crippen LogP contribution in [-0.2, 0) is 11.3 Å². The van der Waals surface area contributed by atoms with Gasteiger partial charge in [0, 0.05) is 38.4 Å². The number of aromatic nitrogens is 2. The molecule has 0 unspecified atom stereocenters. The van der Waals surface area contributed by atoms with E-state index in [9.17, 15) is 4.79 Å². The van der Waals surface area contributed by atoms with Crippen molar-refractivity contribution >= 4 is 5.91 Å². The lowest BCUT2D eigenvalue weighted by molar-refractivity contribution is -0.133. The van der Waals surface area contributed by atoms with E-state index < -0.39 is 0 Å². The van der Waals surface area contributed by atoms with Crippen LogP contribution in [0.25, 0.3) is 0 Å². The highest BCUT2D eigenvalue weighted by atomic mass is 16.2. The number of aryl methyl sites for hydroxylation is 2. The SMILES string of the molecule is C=C(C)CN1CCN(C(=O)Cn2nc(C)cc2C)CC1. The van der Waals surface area contributed by atoms with E-state index in [1.807, 2.05) is 31.7 Å². The van der Waals surface area contributed by atoms with Crippen molar-refractivity contribution in [3.63, 3.8) is 0 Å². The molecule has 1 aliphatic rings. The fraction of sp³-hybridized carbons (Fsp3) is 0.600. The Bertz CT molecular complexity index is 498. The van der Waals surface area contributed by atoms with Crippen molar-refractivity contribution in [1.82, 2.24) is 19.6 Å². The third-order valence-corrected chi connectivity index (χ3v) is 3.61. The summed E-state index contributed by atoms with van der Waals surface area (Å²) in [6, 6.07) is 2.00. The first-order valence-corrected chi connectivity index (χ1v) is 7.11. The summed E-state index contributed by atoms with van der Waals surface area (Å²) >= 11 is 0. The Morgan fingerprint density at radius 2 is 1.90 bits per heavy atom. The van der Waals surface area contributed by atoms with E-state index in [0.717, 1.165) is 44.1 Å². The van der Waals surface area contributed by atoms with Gasteiger partial charge in [0.05, 0.1) is 5.69 Å². The quantitative estimate of drug-likeness (QED) is 0.777. The van der Waals surface area contributed by atoms with Crippen LogP contribution in [0.1, 0.15) is 18.3 Å². The molecular formula is C15H24N4O. The Labute approximate surface area is 120 Å². The lowest BCUT2D eigenvalue weighted by atomic mass is 10.2. The second-order valence-corrected chi connectivity index (χ2v) is 5.70. The van der Waals surface area contributed by atoms with Crippen molar-refractivity contribution < 1.29 is 4.79 Å². The summed E-state index contributed by atoms with van der Waals surface area (Å²) < 4.78 is 1.79. The molecule has 1 aromatic heterocycles. The van der Waals surface area contributed by atoms with Crippen LogP contribution in [0.4, 0.5) is 0 Å². The third kappa shape index (κ3) is 3.70. The summed E-state index contributed by atoms with van der Waals surface area (Å²) in [6.07, 6.45) is 0. The predicted octanol–water partition coefficient (Wildman–Crippen LogP) is 1.22. The lowest BCUT2D eigenvalue weighted by Gasteiger charge is -2.34. The Balaban J connectivity index is 1.86. The average molecular weight is 276 g/mol. The highest BCUT2D eigenvalue weighted by Gasteiger charge is 2.21. The van der Waals surface area contributed by atoms with Crippen LogP contribution in [0.3, 0.4) is 0 Å². The molecule has 0 bridgehead atoms. The van der Waals surface area contributed by atoms with E-state index in [-0.39, 0.29) is 5.91 Å². The number of hydrogen-bond acceptors (Lipinski definition) is 3. The first kappa shape index (κ1) is 14.8. The van der Waals surface area contributed by atoms with E-state index in [2.05, 4.69) is 16.6 Å². The predicted molar refractivity (Wildman–Crippen MR) is 79.5 cm³/mol. The second-order valence-electron chi connectivity index (χ2n) is 5.70. The molecule has 1 aromatic rings. The number of carbonyl (C=O) groups is 1. The fourth-order valence-corrected chi connectivity index (χ4v) is 2.60. The van der Waals surface area contributed by atoms with Gasteiger partial charge in [0.25, 0.3) is 0 Å². The van der Waals surface area contributed by atoms with Gasteiger partial charge < -0.3 is 4.90 Å². The van der Waals surface area contributed by atoms with E-state index in [1.165, 1.54) is 5.57 Å². The summed E-state index contributed by atoms with van der Waals surface area (Å²) in [6.45, 7) is 14.6. The second kappa shape index (κ2) is 6.22. The minimum absolute atomic E-state index is 0.158. The topological polar surface area (TPSA) is 41.4 Å². The lowest BCUT2D eigenvalue weighted by Crippen LogP contribution is -2.49. The standard InChI is InChI=1S/C15H24N4O/c1-12(2)10-17-5-7-18(8-6-17)15(20)11-19-14(4)9-13(3)16-19/h9H,1,5-8,10-11H2,2-4H3. The maximum atomic E-state index is 12.3. The van der Waals surface area contributed by atoms with E-state index >= 15 is 0 Å². The van der Waals surface area contributed by atoms with Crippen LogP contribution in [0.5, 0.6) is 0 Å². The molecule has 1 saturated heterocycles. The first-order valence-electron chi connectivity index (χ1n) is 7.11. The summed E-state index contributed by atoms with van der Waals surface area (Å²) in [5.41, 5.74) is 3.17. The number of amides is 1. The van der Waals surface area contributed by atoms with Gasteiger partial charge >= 0.3 is 0 Å². The molecule has 1 amide bonds. The van der Waals surface area contributed by atoms with Gasteiger partial charge in [-0.15, -0.1) is 0 Å². The van der Waals surface area contributed by atoms with E-state index in [4.69, 9.17) is 0 Å². The molecule has 5 heteroatoms. The molecule has 5 nitrogen and oxygen atoms in total. The Morgan fingerprint density at radius 3 is 2.40 bits per heavy atom. The van der Waals surface area contributed by atoms with Gasteiger partial charge in [-0.3, -0.25) is 14.4 Å². The molecule has 0 N–H and O–H groups in total. The van der Waals surface area contributed by atoms with Gasteiger partial charge in [0.2, 0.25) is 5.91 Å². The van der Waals surface area contributed by atoms with Crippen molar-refractivity contribution in [2.45, 2.75) is 27.3 Å². The Hall–Kier alpha value is -1.62. The molecule has 0 aliphatic carbocycles. The monoisotopic (exact) mass is 276 g/mol. The van der Waals surface area contributed by atoms with Gasteiger partial charge in [-0.2, -0.15) is 5.10 Å². The van der Waals surface area contributed by atoms with Crippen LogP contribution in [0, 0.1) is 13.8 Å². The molecule has 2 rings (SSSR count). The molecular weight excluding hydrogens is 252 g/mol. The molecule has 20 heavy (non-hydrogen) atoms. The summed E-state index contributed by atoms with van der Waals surface area (Å²) in [4.78, 5) is 16.6. The molecule has 1 fully saturated rings. The molecule has 1 aliphatic heterocycles. The molecule has 0 spiro atoms. The Morgan fingerprint density at radius 1 is 1.25 bits per heavy atom. The van der Waals surface area contributed by atoms with Gasteiger partial charge in [-0.25, -0.2) is 0 Å². The normalized spacial score (nSPS) is 16.4. The minimum Gasteiger partial charge on any atom is -0.339 e. The molecule has 0 aromatic carbocycles. The summed E-state index contributed by atoms with van der Waals surface area (Å²) in [7, 11) is 0. The van der Waals surface area contributed by atoms with Crippen LogP contribution >= 0.6 is 0 Å². The van der Waals surface area contributed by atoms with Crippen LogP contribution < -0.4 is 0 Å². The molecule has 2 heterocycles. The smallest absolute Gasteiger partial charge is 0.244 e. The zero-order valence-electron chi connectivity index (χ0n) is 12.7. The van der Waals surface area contributed by atoms with Gasteiger partial charge in [0.15, 0.2) is 0 Å². The first-order chi connectivity index (χ1) is 9.45. The molecule has 0 radical (unpaired) electrons. The van der Waals surface area contributed by atoms with Crippen molar-refractivity contribution in [1.29, 1.82) is 0 Å². The molecule has 0 atom stereocenters. The average Bonchev–Trinajstić information content (AvgIpc) is 2.68. The van der Waals surface area contributed by atoms with Crippen molar-refractivity contribution in [2.75, 3.05) is 32.7 Å². The summed E-state index contributed by atoms with van der Waals surface area (Å²) in [5.74, 6) is 0.158. The molecule has 0 saturated carbocycles. The number of nitrogens with zero attached hydrogens (tertiary/aromatic N) is 4.